The molecule has 216 valence electrons. The van der Waals surface area contributed by atoms with Gasteiger partial charge in [-0.15, -0.1) is 6.58 Å². The van der Waals surface area contributed by atoms with Crippen LogP contribution in [-0.4, -0.2) is 30.6 Å². The van der Waals surface area contributed by atoms with Crippen LogP contribution in [0.2, 0.25) is 0 Å². The van der Waals surface area contributed by atoms with Crippen molar-refractivity contribution in [3.05, 3.63) is 113 Å². The number of rotatable bonds is 8. The van der Waals surface area contributed by atoms with Gasteiger partial charge in [-0.3, -0.25) is 0 Å². The summed E-state index contributed by atoms with van der Waals surface area (Å²) in [7, 11) is -3.04. The lowest BCUT2D eigenvalue weighted by Crippen LogP contribution is -2.22. The van der Waals surface area contributed by atoms with E-state index in [1.807, 2.05) is 26.8 Å². The number of para-hydroxylation sites is 1. The molecule has 10 heteroatoms. The van der Waals surface area contributed by atoms with Gasteiger partial charge in [0.1, 0.15) is 16.6 Å². The Bertz CT molecular complexity index is 1750. The molecule has 3 aromatic carbocycles. The monoisotopic (exact) mass is 585 g/mol. The molecule has 4 rings (SSSR count). The van der Waals surface area contributed by atoms with Crippen LogP contribution in [0.15, 0.2) is 79.4 Å². The van der Waals surface area contributed by atoms with Crippen LogP contribution < -0.4 is 4.74 Å². The molecule has 0 aliphatic heterocycles. The first-order valence-corrected chi connectivity index (χ1v) is 14.2. The molecule has 6 nitrogen and oxygen atoms in total. The van der Waals surface area contributed by atoms with Crippen LogP contribution in [0.1, 0.15) is 64.3 Å². The van der Waals surface area contributed by atoms with Gasteiger partial charge < -0.3 is 9.84 Å². The molecule has 0 amide bonds. The van der Waals surface area contributed by atoms with Crippen molar-refractivity contribution in [2.24, 2.45) is 0 Å². The van der Waals surface area contributed by atoms with Crippen molar-refractivity contribution < 1.29 is 36.2 Å². The molecule has 1 heterocycles. The zero-order valence-electron chi connectivity index (χ0n) is 23.0. The zero-order chi connectivity index (χ0) is 30.3. The van der Waals surface area contributed by atoms with Gasteiger partial charge in [-0.25, -0.2) is 17.2 Å². The Morgan fingerprint density at radius 3 is 2.29 bits per heavy atom. The number of aromatic nitrogens is 1. The van der Waals surface area contributed by atoms with Crippen LogP contribution in [0.4, 0.5) is 13.2 Å². The van der Waals surface area contributed by atoms with Crippen LogP contribution >= 0.6 is 0 Å². The average molecular weight is 586 g/mol. The van der Waals surface area contributed by atoms with E-state index in [9.17, 15) is 31.5 Å². The van der Waals surface area contributed by atoms with Gasteiger partial charge in [-0.2, -0.15) is 13.2 Å². The van der Waals surface area contributed by atoms with Crippen LogP contribution in [-0.2, 0) is 28.0 Å². The van der Waals surface area contributed by atoms with Gasteiger partial charge >= 0.3 is 12.1 Å². The summed E-state index contributed by atoms with van der Waals surface area (Å²) in [5.41, 5.74) is 0.591. The Morgan fingerprint density at radius 2 is 1.71 bits per heavy atom. The molecule has 0 saturated heterocycles. The summed E-state index contributed by atoms with van der Waals surface area (Å²) in [6.45, 7) is 9.77. The fourth-order valence-electron chi connectivity index (χ4n) is 4.90. The zero-order valence-corrected chi connectivity index (χ0v) is 23.8. The number of hydrogen-bond donors (Lipinski definition) is 1. The number of fused-ring (bicyclic) bond motifs is 1. The van der Waals surface area contributed by atoms with Gasteiger partial charge in [-0.05, 0) is 46.9 Å². The highest BCUT2D eigenvalue weighted by molar-refractivity contribution is 7.90. The van der Waals surface area contributed by atoms with E-state index in [0.717, 1.165) is 27.7 Å². The van der Waals surface area contributed by atoms with Crippen molar-refractivity contribution >= 4 is 26.9 Å². The Hall–Kier alpha value is -4.05. The average Bonchev–Trinajstić information content (AvgIpc) is 3.26. The lowest BCUT2D eigenvalue weighted by molar-refractivity contribution is -0.137. The third-order valence-electron chi connectivity index (χ3n) is 6.93. The molecule has 0 aliphatic rings. The number of carboxylic acid groups (broad SMARTS) is 1. The van der Waals surface area contributed by atoms with Crippen molar-refractivity contribution in [3.63, 3.8) is 0 Å². The number of carbonyl (C=O) groups is 1. The van der Waals surface area contributed by atoms with E-state index in [-0.39, 0.29) is 39.7 Å². The lowest BCUT2D eigenvalue weighted by Gasteiger charge is -2.23. The van der Waals surface area contributed by atoms with Gasteiger partial charge in [0.15, 0.2) is 0 Å². The fourth-order valence-corrected chi connectivity index (χ4v) is 6.75. The minimum Gasteiger partial charge on any atom is -0.496 e. The third kappa shape index (κ3) is 5.74. The van der Waals surface area contributed by atoms with Gasteiger partial charge in [0, 0.05) is 23.1 Å². The topological polar surface area (TPSA) is 85.6 Å². The Labute approximate surface area is 236 Å². The maximum Gasteiger partial charge on any atom is 0.416 e. The number of alkyl halides is 3. The Balaban J connectivity index is 1.98. The molecule has 0 aliphatic carbocycles. The molecule has 1 N–H and O–H groups in total. The smallest absolute Gasteiger partial charge is 0.416 e. The van der Waals surface area contributed by atoms with Crippen molar-refractivity contribution in [3.8, 4) is 5.75 Å². The van der Waals surface area contributed by atoms with E-state index < -0.39 is 33.0 Å². The van der Waals surface area contributed by atoms with Gasteiger partial charge in [0.2, 0.25) is 10.0 Å². The summed E-state index contributed by atoms with van der Waals surface area (Å²) in [5.74, 6) is -1.21. The van der Waals surface area contributed by atoms with Crippen LogP contribution in [0.3, 0.4) is 0 Å². The van der Waals surface area contributed by atoms with E-state index in [2.05, 4.69) is 6.58 Å². The molecular weight excluding hydrogens is 555 g/mol. The van der Waals surface area contributed by atoms with E-state index in [1.54, 1.807) is 24.3 Å². The van der Waals surface area contributed by atoms with Crippen LogP contribution in [0, 0.1) is 0 Å². The molecule has 0 fully saturated rings. The summed E-state index contributed by atoms with van der Waals surface area (Å²) < 4.78 is 75.8. The molecule has 1 atom stereocenters. The predicted octanol–water partition coefficient (Wildman–Crippen LogP) is 7.36. The van der Waals surface area contributed by atoms with E-state index in [4.69, 9.17) is 4.74 Å². The first-order valence-electron chi connectivity index (χ1n) is 12.7. The molecule has 1 unspecified atom stereocenters. The molecule has 1 aromatic heterocycles. The molecule has 41 heavy (non-hydrogen) atoms. The maximum absolute atomic E-state index is 14.4. The molecule has 0 radical (unpaired) electrons. The van der Waals surface area contributed by atoms with E-state index >= 15 is 0 Å². The fraction of sp³-hybridized carbons (Fsp3) is 0.258. The number of carboxylic acids is 1. The molecule has 0 spiro atoms. The number of hydrogen-bond acceptors (Lipinski definition) is 4. The highest BCUT2D eigenvalue weighted by Gasteiger charge is 2.34. The predicted molar refractivity (Wildman–Crippen MR) is 152 cm³/mol. The maximum atomic E-state index is 14.4. The third-order valence-corrected chi connectivity index (χ3v) is 8.98. The van der Waals surface area contributed by atoms with Crippen molar-refractivity contribution in [2.75, 3.05) is 7.11 Å². The second-order valence-electron chi connectivity index (χ2n) is 10.7. The second kappa shape index (κ2) is 10.7. The minimum atomic E-state index is -4.63. The number of nitrogens with zero attached hydrogens (tertiary/aromatic N) is 1. The molecule has 0 bridgehead atoms. The summed E-state index contributed by atoms with van der Waals surface area (Å²) >= 11 is 0. The minimum absolute atomic E-state index is 0.0309. The first kappa shape index (κ1) is 29.9. The Kier molecular flexibility index (Phi) is 7.84. The largest absolute Gasteiger partial charge is 0.496 e. The molecule has 0 saturated carbocycles. The van der Waals surface area contributed by atoms with Gasteiger partial charge in [-0.1, -0.05) is 63.2 Å². The van der Waals surface area contributed by atoms with Crippen molar-refractivity contribution in [2.45, 2.75) is 44.0 Å². The molecule has 4 aromatic rings. The van der Waals surface area contributed by atoms with E-state index in [0.29, 0.717) is 11.1 Å². The lowest BCUT2D eigenvalue weighted by atomic mass is 9.86. The Morgan fingerprint density at radius 1 is 1.02 bits per heavy atom. The van der Waals surface area contributed by atoms with Gasteiger partial charge in [0.05, 0.1) is 18.2 Å². The normalized spacial score (nSPS) is 13.2. The summed E-state index contributed by atoms with van der Waals surface area (Å²) in [4.78, 5) is 11.8. The van der Waals surface area contributed by atoms with Crippen LogP contribution in [0.25, 0.3) is 10.9 Å². The SMILES string of the molecule is C=CC(c1cccc(C(C)(C)C)c1)S(=O)(=O)n1c(Cc2cccc(C(=O)O)c2OC)cc2cc(C(F)(F)F)ccc21. The quantitative estimate of drug-likeness (QED) is 0.218. The van der Waals surface area contributed by atoms with Crippen molar-refractivity contribution in [1.82, 2.24) is 3.97 Å². The summed E-state index contributed by atoms with van der Waals surface area (Å²) in [5, 5.41) is 8.44. The van der Waals surface area contributed by atoms with Gasteiger partial charge in [0.25, 0.3) is 0 Å². The number of benzene rings is 3. The molecular formula is C31H30F3NO5S. The van der Waals surface area contributed by atoms with Crippen molar-refractivity contribution in [1.29, 1.82) is 0 Å². The summed E-state index contributed by atoms with van der Waals surface area (Å²) in [6.07, 6.45) is -3.47. The van der Waals surface area contributed by atoms with E-state index in [1.165, 1.54) is 31.4 Å². The highest BCUT2D eigenvalue weighted by atomic mass is 32.2. The second-order valence-corrected chi connectivity index (χ2v) is 12.6. The van der Waals surface area contributed by atoms with Crippen LogP contribution in [0.5, 0.6) is 5.75 Å². The summed E-state index contributed by atoms with van der Waals surface area (Å²) in [6, 6.07) is 15.8. The number of methoxy groups -OCH3 is 1. The number of aromatic carboxylic acids is 1. The number of ether oxygens (including phenoxy) is 1. The highest BCUT2D eigenvalue weighted by Crippen LogP contribution is 2.38. The standard InChI is InChI=1S/C31H30F3NO5S/c1-6-27(19-9-7-11-22(15-19)30(2,3)4)41(38,39)35-24(17-20-10-8-12-25(29(36)37)28(20)40-5)18-21-16-23(31(32,33)34)13-14-26(21)35/h6-16,18,27H,1,17H2,2-5H3,(H,36,37). The number of halogens is 3. The first-order chi connectivity index (χ1) is 19.1.